The number of alkyl halides is 3. The molecule has 4 heterocycles. The zero-order valence-corrected chi connectivity index (χ0v) is 83.6. The van der Waals surface area contributed by atoms with Crippen LogP contribution in [0.2, 0.25) is 60.3 Å². The van der Waals surface area contributed by atoms with E-state index >= 15 is 0 Å². The van der Waals surface area contributed by atoms with E-state index in [9.17, 15) is 18.4 Å². The van der Waals surface area contributed by atoms with E-state index < -0.39 is 12.1 Å². The Morgan fingerprint density at radius 3 is 0.855 bits per heavy atom. The molecule has 4 saturated carbocycles. The van der Waals surface area contributed by atoms with Crippen molar-refractivity contribution in [1.82, 2.24) is 19.6 Å². The number of anilines is 4. The fourth-order valence-electron chi connectivity index (χ4n) is 21.9. The highest BCUT2D eigenvalue weighted by Gasteiger charge is 2.46. The van der Waals surface area contributed by atoms with Gasteiger partial charge < -0.3 is 19.6 Å². The Hall–Kier alpha value is -6.00. The van der Waals surface area contributed by atoms with Crippen molar-refractivity contribution in [2.75, 3.05) is 98.1 Å². The molecule has 4 aliphatic heterocycles. The Balaban J connectivity index is 0.000000134. The van der Waals surface area contributed by atoms with Crippen LogP contribution in [-0.2, 0) is 5.41 Å². The Morgan fingerprint density at radius 2 is 0.580 bits per heavy atom. The molecule has 10 aromatic carbocycles. The van der Waals surface area contributed by atoms with Gasteiger partial charge in [0.15, 0.2) is 0 Å². The summed E-state index contributed by atoms with van der Waals surface area (Å²) in [5, 5.41) is 18.3. The fourth-order valence-corrected chi connectivity index (χ4v) is 24.5. The van der Waals surface area contributed by atoms with Crippen molar-refractivity contribution in [3.63, 3.8) is 0 Å². The van der Waals surface area contributed by atoms with Gasteiger partial charge in [-0.25, -0.2) is 0 Å². The molecule has 24 heteroatoms. The van der Waals surface area contributed by atoms with E-state index in [0.717, 1.165) is 159 Å². The largest absolute Gasteiger partial charge is 0.391 e. The molecular formula is C107H116Cl12F3N9. The Morgan fingerprint density at radius 1 is 0.313 bits per heavy atom. The first-order valence-corrected chi connectivity index (χ1v) is 51.0. The molecule has 0 aromatic heterocycles. The SMILES string of the molecule is CCC(C)(C)C1CCC(N2CCN(c3ccc(Cl)cc3Cl)C(c3ccc(Cl)cc3)C2)CC1.Clc1ccc(C2CN(C3CCC(c4ccccc4)CC3)CCN2c2ccc(Cl)cc2Cl)cc1.FC(F)(F)C1CCC(N2CCN(c3ccc(Cl)cc3Cl)C(c3ccc(Cl)cc3)C2)CC1.N#CC1(c2ccccc2)CCC(N2CCN(c3ccc(Cl)cc3Cl)C(c3ccc(Cl)cc3)C2)CC1. The van der Waals surface area contributed by atoms with Gasteiger partial charge in [-0.1, -0.05) is 276 Å². The van der Waals surface area contributed by atoms with E-state index in [2.05, 4.69) is 151 Å². The monoisotopic (exact) mass is 2000 g/mol. The van der Waals surface area contributed by atoms with Gasteiger partial charge in [0.25, 0.3) is 0 Å². The van der Waals surface area contributed by atoms with Crippen molar-refractivity contribution in [1.29, 1.82) is 5.26 Å². The molecule has 8 fully saturated rings. The van der Waals surface area contributed by atoms with Crippen LogP contribution in [0, 0.1) is 28.6 Å². The van der Waals surface area contributed by atoms with Gasteiger partial charge in [-0.15, -0.1) is 0 Å². The maximum atomic E-state index is 13.1. The van der Waals surface area contributed by atoms with E-state index in [1.54, 1.807) is 6.07 Å². The number of rotatable bonds is 16. The summed E-state index contributed by atoms with van der Waals surface area (Å²) < 4.78 is 39.2. The standard InChI is InChI=1S/C29H28Cl3N3.C28H29Cl3N2.C27H35Cl3N2.C23H24Cl3F3N2/c30-23-8-6-21(7-9-23)28-19-34(16-17-35(28)27-11-10-24(31)18-26(27)32)25-12-14-29(20-33,15-13-25)22-4-2-1-3-5-22;29-23-10-6-22(7-11-23)28-19-32(16-17-33(28)27-15-12-24(30)18-26(27)31)25-13-8-21(9-14-25)20-4-2-1-3-5-20;1-4-27(2,3)20-7-12-23(13-8-20)31-15-16-32(25-14-11-22(29)17-24(25)30)26(18-31)19-5-9-21(28)10-6-19;24-17-5-1-15(2-6-17)22-14-30(19-8-3-16(4-9-19)23(27,28)29)11-12-31(22)21-10-7-18(25)13-20(21)26/h1-11,18,25,28H,12-17,19H2;1-7,10-12,15,18,21,25,28H,8-9,13-14,16-17,19H2;5-6,9-11,14,17,20,23,26H,4,7-8,12-13,15-16,18H2,1-3H3;1-2,5-7,10,13,16,19,22H,3-4,8-9,11-12,14H2. The van der Waals surface area contributed by atoms with Crippen LogP contribution < -0.4 is 19.6 Å². The molecular weight excluding hydrogens is 1890 g/mol. The van der Waals surface area contributed by atoms with Crippen molar-refractivity contribution in [3.8, 4) is 6.07 Å². The molecule has 4 unspecified atom stereocenters. The number of hydrogen-bond acceptors (Lipinski definition) is 9. The van der Waals surface area contributed by atoms with E-state index in [1.165, 1.54) is 80.0 Å². The molecule has 9 nitrogen and oxygen atoms in total. The van der Waals surface area contributed by atoms with Crippen LogP contribution in [0.15, 0.2) is 231 Å². The number of piperazine rings is 4. The molecule has 131 heavy (non-hydrogen) atoms. The Labute approximate surface area is 834 Å². The molecule has 0 amide bonds. The summed E-state index contributed by atoms with van der Waals surface area (Å²) in [6, 6.07) is 82.0. The molecule has 4 saturated heterocycles. The predicted octanol–water partition coefficient (Wildman–Crippen LogP) is 32.3. The molecule has 4 atom stereocenters. The summed E-state index contributed by atoms with van der Waals surface area (Å²) >= 11 is 75.8. The van der Waals surface area contributed by atoms with E-state index in [1.807, 2.05) is 140 Å². The van der Waals surface area contributed by atoms with Crippen molar-refractivity contribution in [2.45, 2.75) is 196 Å². The van der Waals surface area contributed by atoms with E-state index in [-0.39, 0.29) is 48.5 Å². The summed E-state index contributed by atoms with van der Waals surface area (Å²) in [5.74, 6) is 0.388. The summed E-state index contributed by atoms with van der Waals surface area (Å²) in [7, 11) is 0. The fraction of sp³-hybridized carbons (Fsp3) is 0.430. The number of nitrogens with zero attached hydrogens (tertiary/aromatic N) is 9. The van der Waals surface area contributed by atoms with Crippen LogP contribution in [0.3, 0.4) is 0 Å². The van der Waals surface area contributed by atoms with Gasteiger partial charge in [-0.2, -0.15) is 18.4 Å². The Bertz CT molecular complexity index is 5390. The zero-order valence-electron chi connectivity index (χ0n) is 74.5. The highest BCUT2D eigenvalue weighted by molar-refractivity contribution is 6.38. The molecule has 0 spiro atoms. The predicted molar refractivity (Wildman–Crippen MR) is 547 cm³/mol. The second-order valence-electron chi connectivity index (χ2n) is 37.5. The highest BCUT2D eigenvalue weighted by Crippen LogP contribution is 2.50. The van der Waals surface area contributed by atoms with Crippen molar-refractivity contribution in [2.24, 2.45) is 17.3 Å². The maximum absolute atomic E-state index is 13.1. The Kier molecular flexibility index (Phi) is 34.6. The molecule has 694 valence electrons. The minimum Gasteiger partial charge on any atom is -0.361 e. The van der Waals surface area contributed by atoms with Gasteiger partial charge in [0.05, 0.1) is 84.4 Å². The average Bonchev–Trinajstić information content (AvgIpc) is 0.783. The first-order chi connectivity index (χ1) is 63.1. The van der Waals surface area contributed by atoms with Gasteiger partial charge in [-0.3, -0.25) is 19.6 Å². The normalized spacial score (nSPS) is 25.0. The number of halogens is 15. The lowest BCUT2D eigenvalue weighted by Gasteiger charge is -2.48. The molecule has 4 aliphatic carbocycles. The van der Waals surface area contributed by atoms with Crippen molar-refractivity contribution >= 4 is 162 Å². The third-order valence-corrected chi connectivity index (χ3v) is 33.0. The third-order valence-electron chi connectivity index (χ3n) is 29.8. The first-order valence-electron chi connectivity index (χ1n) is 46.5. The second kappa shape index (κ2) is 45.5. The molecule has 10 aromatic rings. The molecule has 8 aliphatic rings. The number of benzene rings is 10. The van der Waals surface area contributed by atoms with Crippen LogP contribution in [0.25, 0.3) is 0 Å². The van der Waals surface area contributed by atoms with Crippen LogP contribution in [0.5, 0.6) is 0 Å². The van der Waals surface area contributed by atoms with Gasteiger partial charge in [0.2, 0.25) is 0 Å². The molecule has 0 radical (unpaired) electrons. The first kappa shape index (κ1) is 99.5. The lowest BCUT2D eigenvalue weighted by molar-refractivity contribution is -0.184. The lowest BCUT2D eigenvalue weighted by atomic mass is 9.68. The van der Waals surface area contributed by atoms with Crippen LogP contribution in [0.4, 0.5) is 35.9 Å². The quantitative estimate of drug-likeness (QED) is 0.0942. The van der Waals surface area contributed by atoms with Gasteiger partial charge in [-0.05, 0) is 275 Å². The van der Waals surface area contributed by atoms with Crippen molar-refractivity contribution in [3.05, 3.63) is 324 Å². The van der Waals surface area contributed by atoms with Crippen LogP contribution in [-0.4, -0.2) is 128 Å². The summed E-state index contributed by atoms with van der Waals surface area (Å²) in [4.78, 5) is 20.0. The molecule has 18 rings (SSSR count). The van der Waals surface area contributed by atoms with Gasteiger partial charge in [0, 0.05) is 143 Å². The zero-order chi connectivity index (χ0) is 92.3. The van der Waals surface area contributed by atoms with Gasteiger partial charge >= 0.3 is 6.18 Å². The summed E-state index contributed by atoms with van der Waals surface area (Å²) in [6.45, 7) is 18.2. The van der Waals surface area contributed by atoms with E-state index in [0.29, 0.717) is 87.5 Å². The second-order valence-corrected chi connectivity index (χ2v) is 42.6. The summed E-state index contributed by atoms with van der Waals surface area (Å²) in [5.41, 5.74) is 11.6. The van der Waals surface area contributed by atoms with Crippen molar-refractivity contribution < 1.29 is 13.2 Å². The number of nitriles is 1. The summed E-state index contributed by atoms with van der Waals surface area (Å²) in [6.07, 6.45) is 13.0. The topological polar surface area (TPSA) is 49.7 Å². The smallest absolute Gasteiger partial charge is 0.361 e. The average molecular weight is 2010 g/mol. The lowest BCUT2D eigenvalue weighted by Crippen LogP contribution is -2.53. The van der Waals surface area contributed by atoms with Crippen LogP contribution >= 0.6 is 139 Å². The minimum atomic E-state index is -4.08. The number of hydrogen-bond donors (Lipinski definition) is 0. The van der Waals surface area contributed by atoms with Gasteiger partial charge in [0.1, 0.15) is 0 Å². The minimum absolute atomic E-state index is 0.0185. The molecule has 0 bridgehead atoms. The van der Waals surface area contributed by atoms with Crippen LogP contribution in [0.1, 0.15) is 193 Å². The highest BCUT2D eigenvalue weighted by atomic mass is 35.5. The third kappa shape index (κ3) is 24.9. The molecule has 0 N–H and O–H groups in total. The van der Waals surface area contributed by atoms with E-state index in [4.69, 9.17) is 139 Å². The maximum Gasteiger partial charge on any atom is 0.391 e.